The van der Waals surface area contributed by atoms with Gasteiger partial charge in [0.05, 0.1) is 18.1 Å². The van der Waals surface area contributed by atoms with Crippen LogP contribution in [-0.2, 0) is 0 Å². The maximum Gasteiger partial charge on any atom is 0.253 e. The van der Waals surface area contributed by atoms with E-state index in [2.05, 4.69) is 9.97 Å². The van der Waals surface area contributed by atoms with Gasteiger partial charge in [-0.15, -0.1) is 0 Å². The first-order valence-electron chi connectivity index (χ1n) is 8.13. The van der Waals surface area contributed by atoms with Gasteiger partial charge < -0.3 is 9.80 Å². The number of carbonyl (C=O) groups is 1. The van der Waals surface area contributed by atoms with Gasteiger partial charge in [0.2, 0.25) is 0 Å². The van der Waals surface area contributed by atoms with E-state index in [4.69, 9.17) is 0 Å². The van der Waals surface area contributed by atoms with E-state index in [-0.39, 0.29) is 31.8 Å². The number of halogens is 2. The van der Waals surface area contributed by atoms with Crippen molar-refractivity contribution in [1.82, 2.24) is 14.9 Å². The Labute approximate surface area is 145 Å². The first-order valence-corrected chi connectivity index (χ1v) is 8.13. The number of aromatic nitrogens is 2. The lowest BCUT2D eigenvalue weighted by Gasteiger charge is -2.31. The summed E-state index contributed by atoms with van der Waals surface area (Å²) in [5.41, 5.74) is 2.05. The predicted molar refractivity (Wildman–Crippen MR) is 91.9 cm³/mol. The number of carbonyl (C=O) groups excluding carboxylic acids is 1. The van der Waals surface area contributed by atoms with Gasteiger partial charge in [-0.25, -0.2) is 13.8 Å². The number of piperidine rings is 1. The molecule has 2 heterocycles. The van der Waals surface area contributed by atoms with Crippen LogP contribution < -0.4 is 4.90 Å². The Hall–Kier alpha value is -2.57. The van der Waals surface area contributed by atoms with E-state index < -0.39 is 5.92 Å². The number of amides is 1. The number of rotatable bonds is 3. The van der Waals surface area contributed by atoms with Crippen molar-refractivity contribution < 1.29 is 13.6 Å². The maximum absolute atomic E-state index is 13.2. The molecule has 0 spiro atoms. The topological polar surface area (TPSA) is 49.3 Å². The Kier molecular flexibility index (Phi) is 4.65. The van der Waals surface area contributed by atoms with Crippen LogP contribution in [0.25, 0.3) is 11.3 Å². The Morgan fingerprint density at radius 3 is 2.36 bits per heavy atom. The lowest BCUT2D eigenvalue weighted by molar-refractivity contribution is -0.0494. The van der Waals surface area contributed by atoms with Gasteiger partial charge in [0.25, 0.3) is 11.8 Å². The Bertz CT molecular complexity index is 752. The van der Waals surface area contributed by atoms with Gasteiger partial charge in [-0.05, 0) is 12.1 Å². The zero-order valence-electron chi connectivity index (χ0n) is 14.2. The molecule has 1 aliphatic rings. The van der Waals surface area contributed by atoms with Crippen molar-refractivity contribution in [2.45, 2.75) is 18.8 Å². The van der Waals surface area contributed by atoms with E-state index in [0.29, 0.717) is 11.3 Å². The standard InChI is InChI=1S/C18H20F2N4O/c1-23(2)16-12-21-11-15(22-16)13-3-5-14(6-4-13)17(25)24-9-7-18(19,20)8-10-24/h3-6,11-12H,7-10H2,1-2H3. The van der Waals surface area contributed by atoms with Crippen LogP contribution in [0.1, 0.15) is 23.2 Å². The maximum atomic E-state index is 13.2. The van der Waals surface area contributed by atoms with Crippen LogP contribution in [0.15, 0.2) is 36.7 Å². The summed E-state index contributed by atoms with van der Waals surface area (Å²) in [4.78, 5) is 24.5. The average molecular weight is 346 g/mol. The molecule has 7 heteroatoms. The lowest BCUT2D eigenvalue weighted by Crippen LogP contribution is -2.42. The van der Waals surface area contributed by atoms with Gasteiger partial charge in [-0.3, -0.25) is 9.78 Å². The van der Waals surface area contributed by atoms with Crippen molar-refractivity contribution in [3.8, 4) is 11.3 Å². The fraction of sp³-hybridized carbons (Fsp3) is 0.389. The molecule has 1 aliphatic heterocycles. The molecule has 3 rings (SSSR count). The summed E-state index contributed by atoms with van der Waals surface area (Å²) in [5, 5.41) is 0. The number of nitrogens with zero attached hydrogens (tertiary/aromatic N) is 4. The van der Waals surface area contributed by atoms with Gasteiger partial charge >= 0.3 is 0 Å². The highest BCUT2D eigenvalue weighted by molar-refractivity contribution is 5.94. The molecule has 1 saturated heterocycles. The van der Waals surface area contributed by atoms with Crippen LogP contribution in [0.3, 0.4) is 0 Å². The molecule has 0 aliphatic carbocycles. The molecule has 1 aromatic carbocycles. The summed E-state index contributed by atoms with van der Waals surface area (Å²) in [6, 6.07) is 7.01. The van der Waals surface area contributed by atoms with Gasteiger partial charge in [-0.1, -0.05) is 12.1 Å². The van der Waals surface area contributed by atoms with Crippen LogP contribution in [0.2, 0.25) is 0 Å². The fourth-order valence-corrected chi connectivity index (χ4v) is 2.71. The Morgan fingerprint density at radius 1 is 1.12 bits per heavy atom. The largest absolute Gasteiger partial charge is 0.361 e. The van der Waals surface area contributed by atoms with Crippen LogP contribution in [0, 0.1) is 0 Å². The molecule has 1 amide bonds. The van der Waals surface area contributed by atoms with Crippen molar-refractivity contribution in [1.29, 1.82) is 0 Å². The number of alkyl halides is 2. The van der Waals surface area contributed by atoms with Gasteiger partial charge in [0, 0.05) is 51.2 Å². The molecule has 2 aromatic rings. The third kappa shape index (κ3) is 3.92. The van der Waals surface area contributed by atoms with E-state index in [1.54, 1.807) is 36.7 Å². The molecule has 0 saturated carbocycles. The molecular formula is C18H20F2N4O. The molecule has 132 valence electrons. The minimum Gasteiger partial charge on any atom is -0.361 e. The minimum atomic E-state index is -2.66. The quantitative estimate of drug-likeness (QED) is 0.857. The second-order valence-corrected chi connectivity index (χ2v) is 6.38. The van der Waals surface area contributed by atoms with Crippen molar-refractivity contribution in [2.24, 2.45) is 0 Å². The zero-order chi connectivity index (χ0) is 18.0. The third-order valence-electron chi connectivity index (χ3n) is 4.29. The summed E-state index contributed by atoms with van der Waals surface area (Å²) >= 11 is 0. The number of hydrogen-bond donors (Lipinski definition) is 0. The fourth-order valence-electron chi connectivity index (χ4n) is 2.71. The molecule has 0 N–H and O–H groups in total. The summed E-state index contributed by atoms with van der Waals surface area (Å²) < 4.78 is 26.4. The second kappa shape index (κ2) is 6.74. The summed E-state index contributed by atoms with van der Waals surface area (Å²) in [6.45, 7) is 0.174. The summed E-state index contributed by atoms with van der Waals surface area (Å²) in [6.07, 6.45) is 2.79. The molecule has 5 nitrogen and oxygen atoms in total. The molecule has 0 atom stereocenters. The van der Waals surface area contributed by atoms with E-state index in [9.17, 15) is 13.6 Å². The summed E-state index contributed by atoms with van der Waals surface area (Å²) in [7, 11) is 3.77. The Balaban J connectivity index is 1.74. The normalized spacial score (nSPS) is 16.6. The van der Waals surface area contributed by atoms with E-state index >= 15 is 0 Å². The first-order chi connectivity index (χ1) is 11.9. The minimum absolute atomic E-state index is 0.0872. The number of hydrogen-bond acceptors (Lipinski definition) is 4. The molecule has 1 aromatic heterocycles. The number of anilines is 1. The van der Waals surface area contributed by atoms with Crippen LogP contribution >= 0.6 is 0 Å². The van der Waals surface area contributed by atoms with E-state index in [1.807, 2.05) is 19.0 Å². The van der Waals surface area contributed by atoms with E-state index in [0.717, 1.165) is 11.4 Å². The van der Waals surface area contributed by atoms with Crippen molar-refractivity contribution in [2.75, 3.05) is 32.1 Å². The molecular weight excluding hydrogens is 326 g/mol. The van der Waals surface area contributed by atoms with Crippen molar-refractivity contribution >= 4 is 11.7 Å². The van der Waals surface area contributed by atoms with E-state index in [1.165, 1.54) is 4.90 Å². The highest BCUT2D eigenvalue weighted by atomic mass is 19.3. The van der Waals surface area contributed by atoms with Crippen LogP contribution in [-0.4, -0.2) is 53.9 Å². The van der Waals surface area contributed by atoms with Crippen molar-refractivity contribution in [3.05, 3.63) is 42.2 Å². The SMILES string of the molecule is CN(C)c1cncc(-c2ccc(C(=O)N3CCC(F)(F)CC3)cc2)n1. The number of likely N-dealkylation sites (tertiary alicyclic amines) is 1. The average Bonchev–Trinajstić information content (AvgIpc) is 2.61. The van der Waals surface area contributed by atoms with Gasteiger partial charge in [0.1, 0.15) is 5.82 Å². The number of benzene rings is 1. The summed E-state index contributed by atoms with van der Waals surface area (Å²) in [5.74, 6) is -2.13. The van der Waals surface area contributed by atoms with Crippen LogP contribution in [0.5, 0.6) is 0 Å². The molecule has 0 unspecified atom stereocenters. The van der Waals surface area contributed by atoms with Gasteiger partial charge in [-0.2, -0.15) is 0 Å². The van der Waals surface area contributed by atoms with Gasteiger partial charge in [0.15, 0.2) is 0 Å². The Morgan fingerprint density at radius 2 is 1.76 bits per heavy atom. The molecule has 25 heavy (non-hydrogen) atoms. The second-order valence-electron chi connectivity index (χ2n) is 6.38. The lowest BCUT2D eigenvalue weighted by atomic mass is 10.0. The third-order valence-corrected chi connectivity index (χ3v) is 4.29. The molecule has 0 bridgehead atoms. The monoisotopic (exact) mass is 346 g/mol. The first kappa shape index (κ1) is 17.3. The molecule has 0 radical (unpaired) electrons. The van der Waals surface area contributed by atoms with Crippen LogP contribution in [0.4, 0.5) is 14.6 Å². The highest BCUT2D eigenvalue weighted by Crippen LogP contribution is 2.28. The predicted octanol–water partition coefficient (Wildman–Crippen LogP) is 3.08. The smallest absolute Gasteiger partial charge is 0.253 e. The molecule has 1 fully saturated rings. The zero-order valence-corrected chi connectivity index (χ0v) is 14.2. The van der Waals surface area contributed by atoms with Crippen molar-refractivity contribution in [3.63, 3.8) is 0 Å². The highest BCUT2D eigenvalue weighted by Gasteiger charge is 2.35.